The Morgan fingerprint density at radius 1 is 1.28 bits per heavy atom. The van der Waals surface area contributed by atoms with E-state index in [0.717, 1.165) is 50.3 Å². The third kappa shape index (κ3) is 5.01. The topological polar surface area (TPSA) is 44.0 Å². The van der Waals surface area contributed by atoms with Gasteiger partial charge in [-0.2, -0.15) is 5.10 Å². The van der Waals surface area contributed by atoms with Gasteiger partial charge in [0.15, 0.2) is 11.6 Å². The molecule has 1 aliphatic heterocycles. The van der Waals surface area contributed by atoms with E-state index >= 15 is 0 Å². The van der Waals surface area contributed by atoms with Crippen LogP contribution in [0.2, 0.25) is 0 Å². The summed E-state index contributed by atoms with van der Waals surface area (Å²) in [5.74, 6) is -1.03. The van der Waals surface area contributed by atoms with Crippen LogP contribution in [0.25, 0.3) is 0 Å². The van der Waals surface area contributed by atoms with Crippen molar-refractivity contribution in [3.8, 4) is 0 Å². The van der Waals surface area contributed by atoms with Crippen LogP contribution < -0.4 is 5.32 Å². The first-order valence-electron chi connectivity index (χ1n) is 8.96. The van der Waals surface area contributed by atoms with Crippen LogP contribution in [0.3, 0.4) is 0 Å². The number of likely N-dealkylation sites (tertiary alicyclic amines) is 1. The van der Waals surface area contributed by atoms with Gasteiger partial charge < -0.3 is 5.32 Å². The highest BCUT2D eigenvalue weighted by atomic mass is 19.2. The van der Waals surface area contributed by atoms with Crippen molar-refractivity contribution in [3.05, 3.63) is 47.3 Å². The minimum atomic E-state index is -0.813. The largest absolute Gasteiger partial charge is 0.381 e. The molecular weight excluding hydrogens is 322 g/mol. The fourth-order valence-corrected chi connectivity index (χ4v) is 3.39. The second kappa shape index (κ2) is 7.95. The Kier molecular flexibility index (Phi) is 5.68. The Morgan fingerprint density at radius 3 is 2.88 bits per heavy atom. The van der Waals surface area contributed by atoms with Crippen molar-refractivity contribution in [2.45, 2.75) is 45.7 Å². The zero-order valence-corrected chi connectivity index (χ0v) is 14.9. The van der Waals surface area contributed by atoms with Crippen LogP contribution in [0, 0.1) is 17.6 Å². The Labute approximate surface area is 147 Å². The van der Waals surface area contributed by atoms with Gasteiger partial charge in [-0.15, -0.1) is 0 Å². The summed E-state index contributed by atoms with van der Waals surface area (Å²) in [5.41, 5.74) is 2.87. The Morgan fingerprint density at radius 2 is 2.12 bits per heavy atom. The van der Waals surface area contributed by atoms with Gasteiger partial charge in [0, 0.05) is 36.6 Å². The van der Waals surface area contributed by atoms with Crippen molar-refractivity contribution in [2.75, 3.05) is 18.4 Å². The number of aromatic amines is 1. The summed E-state index contributed by atoms with van der Waals surface area (Å²) in [7, 11) is 0. The summed E-state index contributed by atoms with van der Waals surface area (Å²) in [6, 6.07) is 6.36. The maximum Gasteiger partial charge on any atom is 0.160 e. The molecule has 25 heavy (non-hydrogen) atoms. The van der Waals surface area contributed by atoms with Crippen LogP contribution >= 0.6 is 0 Å². The molecule has 1 aliphatic rings. The predicted molar refractivity (Wildman–Crippen MR) is 95.4 cm³/mol. The van der Waals surface area contributed by atoms with E-state index in [1.54, 1.807) is 6.07 Å². The van der Waals surface area contributed by atoms with Crippen molar-refractivity contribution >= 4 is 5.69 Å². The highest BCUT2D eigenvalue weighted by molar-refractivity contribution is 5.44. The summed E-state index contributed by atoms with van der Waals surface area (Å²) in [6.45, 7) is 7.12. The molecule has 136 valence electrons. The van der Waals surface area contributed by atoms with E-state index in [1.807, 2.05) is 0 Å². The van der Waals surface area contributed by atoms with Crippen LogP contribution in [0.5, 0.6) is 0 Å². The first-order valence-corrected chi connectivity index (χ1v) is 8.96. The number of benzene rings is 1. The molecule has 0 aliphatic carbocycles. The van der Waals surface area contributed by atoms with Crippen molar-refractivity contribution in [3.63, 3.8) is 0 Å². The number of hydrogen-bond donors (Lipinski definition) is 2. The zero-order valence-electron chi connectivity index (χ0n) is 14.9. The van der Waals surface area contributed by atoms with Gasteiger partial charge in [-0.05, 0) is 49.9 Å². The highest BCUT2D eigenvalue weighted by Crippen LogP contribution is 2.19. The third-order valence-corrected chi connectivity index (χ3v) is 4.49. The standard InChI is InChI=1S/C19H26F2N4/c1-13(2)8-16-9-17(24-23-16)12-25-7-3-4-15(11-25)22-14-5-6-18(20)19(21)10-14/h5-6,9-10,13,15,22H,3-4,7-8,11-12H2,1-2H3,(H,23,24)/t15-/m0/s1. The van der Waals surface area contributed by atoms with Crippen LogP contribution in [0.1, 0.15) is 38.1 Å². The van der Waals surface area contributed by atoms with Gasteiger partial charge in [0.25, 0.3) is 0 Å². The quantitative estimate of drug-likeness (QED) is 0.830. The molecule has 1 aromatic heterocycles. The second-order valence-corrected chi connectivity index (χ2v) is 7.33. The maximum atomic E-state index is 13.4. The summed E-state index contributed by atoms with van der Waals surface area (Å²) in [6.07, 6.45) is 3.09. The first kappa shape index (κ1) is 17.9. The van der Waals surface area contributed by atoms with Crippen molar-refractivity contribution in [1.82, 2.24) is 15.1 Å². The zero-order chi connectivity index (χ0) is 17.8. The van der Waals surface area contributed by atoms with E-state index < -0.39 is 11.6 Å². The predicted octanol–water partition coefficient (Wildman–Crippen LogP) is 3.96. The van der Waals surface area contributed by atoms with Gasteiger partial charge in [0.2, 0.25) is 0 Å². The molecule has 0 radical (unpaired) electrons. The molecule has 0 unspecified atom stereocenters. The number of nitrogens with zero attached hydrogens (tertiary/aromatic N) is 2. The van der Waals surface area contributed by atoms with Gasteiger partial charge in [-0.3, -0.25) is 10.00 Å². The Hall–Kier alpha value is -1.95. The molecular formula is C19H26F2N4. The minimum absolute atomic E-state index is 0.233. The number of rotatable bonds is 6. The van der Waals surface area contributed by atoms with Gasteiger partial charge in [-0.25, -0.2) is 8.78 Å². The number of anilines is 1. The van der Waals surface area contributed by atoms with E-state index in [-0.39, 0.29) is 6.04 Å². The fourth-order valence-electron chi connectivity index (χ4n) is 3.39. The van der Waals surface area contributed by atoms with Crippen LogP contribution in [-0.4, -0.2) is 34.2 Å². The number of hydrogen-bond acceptors (Lipinski definition) is 3. The van der Waals surface area contributed by atoms with E-state index in [1.165, 1.54) is 12.1 Å². The summed E-state index contributed by atoms with van der Waals surface area (Å²) in [4.78, 5) is 2.37. The van der Waals surface area contributed by atoms with E-state index in [2.05, 4.69) is 40.3 Å². The molecule has 2 N–H and O–H groups in total. The molecule has 0 bridgehead atoms. The number of halogens is 2. The minimum Gasteiger partial charge on any atom is -0.381 e. The number of H-pyrrole nitrogens is 1. The first-order chi connectivity index (χ1) is 12.0. The van der Waals surface area contributed by atoms with E-state index in [9.17, 15) is 8.78 Å². The summed E-state index contributed by atoms with van der Waals surface area (Å²) in [5, 5.41) is 10.8. The monoisotopic (exact) mass is 348 g/mol. The molecule has 1 atom stereocenters. The molecule has 2 aromatic rings. The lowest BCUT2D eigenvalue weighted by atomic mass is 10.0. The molecule has 2 heterocycles. The van der Waals surface area contributed by atoms with Crippen LogP contribution in [0.15, 0.2) is 24.3 Å². The van der Waals surface area contributed by atoms with Gasteiger partial charge in [0.1, 0.15) is 0 Å². The third-order valence-electron chi connectivity index (χ3n) is 4.49. The Balaban J connectivity index is 1.55. The molecule has 6 heteroatoms. The van der Waals surface area contributed by atoms with Gasteiger partial charge >= 0.3 is 0 Å². The average molecular weight is 348 g/mol. The number of nitrogens with one attached hydrogen (secondary N) is 2. The smallest absolute Gasteiger partial charge is 0.160 e. The molecule has 4 nitrogen and oxygen atoms in total. The lowest BCUT2D eigenvalue weighted by molar-refractivity contribution is 0.206. The van der Waals surface area contributed by atoms with Gasteiger partial charge in [-0.1, -0.05) is 13.8 Å². The lowest BCUT2D eigenvalue weighted by Crippen LogP contribution is -2.41. The molecule has 0 amide bonds. The van der Waals surface area contributed by atoms with E-state index in [4.69, 9.17) is 0 Å². The maximum absolute atomic E-state index is 13.4. The lowest BCUT2D eigenvalue weighted by Gasteiger charge is -2.33. The van der Waals surface area contributed by atoms with Crippen LogP contribution in [-0.2, 0) is 13.0 Å². The van der Waals surface area contributed by atoms with Crippen molar-refractivity contribution in [1.29, 1.82) is 0 Å². The normalized spacial score (nSPS) is 18.7. The number of piperidine rings is 1. The summed E-state index contributed by atoms with van der Waals surface area (Å²) < 4.78 is 26.4. The molecule has 1 aromatic carbocycles. The van der Waals surface area contributed by atoms with Crippen molar-refractivity contribution < 1.29 is 8.78 Å². The molecule has 1 fully saturated rings. The molecule has 0 spiro atoms. The summed E-state index contributed by atoms with van der Waals surface area (Å²) >= 11 is 0. The molecule has 3 rings (SSSR count). The van der Waals surface area contributed by atoms with Crippen LogP contribution in [0.4, 0.5) is 14.5 Å². The average Bonchev–Trinajstić information content (AvgIpc) is 2.97. The number of aromatic nitrogens is 2. The van der Waals surface area contributed by atoms with Gasteiger partial charge in [0.05, 0.1) is 5.69 Å². The highest BCUT2D eigenvalue weighted by Gasteiger charge is 2.21. The second-order valence-electron chi connectivity index (χ2n) is 7.33. The molecule has 1 saturated heterocycles. The fraction of sp³-hybridized carbons (Fsp3) is 0.526. The SMILES string of the molecule is CC(C)Cc1cc(CN2CCC[C@H](Nc3ccc(F)c(F)c3)C2)[nH]n1. The molecule has 0 saturated carbocycles. The van der Waals surface area contributed by atoms with Crippen molar-refractivity contribution in [2.24, 2.45) is 5.92 Å². The van der Waals surface area contributed by atoms with E-state index in [0.29, 0.717) is 11.6 Å². The Bertz CT molecular complexity index is 698.